The third-order valence-electron chi connectivity index (χ3n) is 2.57. The quantitative estimate of drug-likeness (QED) is 0.860. The molecule has 5 heteroatoms. The van der Waals surface area contributed by atoms with Gasteiger partial charge in [0, 0.05) is 11.1 Å². The van der Waals surface area contributed by atoms with Gasteiger partial charge in [0.15, 0.2) is 0 Å². The summed E-state index contributed by atoms with van der Waals surface area (Å²) in [5.41, 5.74) is 1.12. The molecule has 0 spiro atoms. The lowest BCUT2D eigenvalue weighted by molar-refractivity contribution is -0.120. The second-order valence-corrected chi connectivity index (χ2v) is 6.62. The van der Waals surface area contributed by atoms with E-state index in [0.29, 0.717) is 6.54 Å². The van der Waals surface area contributed by atoms with Gasteiger partial charge in [-0.2, -0.15) is 0 Å². The van der Waals surface area contributed by atoms with Gasteiger partial charge < -0.3 is 5.32 Å². The molecule has 1 N–H and O–H groups in total. The van der Waals surface area contributed by atoms with E-state index in [9.17, 15) is 4.79 Å². The number of aromatic nitrogens is 1. The minimum absolute atomic E-state index is 0.0424. The molecule has 0 aliphatic rings. The number of hydrogen-bond acceptors (Lipinski definition) is 4. The number of hydrogen-bond donors (Lipinski definition) is 1. The zero-order valence-electron chi connectivity index (χ0n) is 10.9. The zero-order chi connectivity index (χ0) is 13.7. The van der Waals surface area contributed by atoms with Crippen LogP contribution in [0.3, 0.4) is 0 Å². The topological polar surface area (TPSA) is 42.0 Å². The van der Waals surface area contributed by atoms with Crippen LogP contribution in [-0.4, -0.2) is 16.1 Å². The molecule has 19 heavy (non-hydrogen) atoms. The largest absolute Gasteiger partial charge is 0.350 e. The third kappa shape index (κ3) is 4.36. The highest BCUT2D eigenvalue weighted by Crippen LogP contribution is 2.21. The fourth-order valence-corrected chi connectivity index (χ4v) is 2.95. The van der Waals surface area contributed by atoms with Crippen molar-refractivity contribution in [3.8, 4) is 0 Å². The summed E-state index contributed by atoms with van der Waals surface area (Å²) in [6.45, 7) is 4.50. The van der Waals surface area contributed by atoms with Crippen molar-refractivity contribution in [2.45, 2.75) is 30.7 Å². The summed E-state index contributed by atoms with van der Waals surface area (Å²) in [5, 5.41) is 5.68. The van der Waals surface area contributed by atoms with E-state index in [1.54, 1.807) is 11.3 Å². The predicted octanol–water partition coefficient (Wildman–Crippen LogP) is 3.25. The van der Waals surface area contributed by atoms with Crippen LogP contribution in [0.25, 0.3) is 0 Å². The van der Waals surface area contributed by atoms with Crippen LogP contribution in [-0.2, 0) is 11.3 Å². The van der Waals surface area contributed by atoms with E-state index in [4.69, 9.17) is 0 Å². The number of aryl methyl sites for hydroxylation is 1. The Morgan fingerprint density at radius 1 is 1.47 bits per heavy atom. The van der Waals surface area contributed by atoms with Crippen LogP contribution in [0, 0.1) is 6.92 Å². The van der Waals surface area contributed by atoms with Crippen LogP contribution in [0.2, 0.25) is 0 Å². The van der Waals surface area contributed by atoms with Gasteiger partial charge in [0.2, 0.25) is 5.91 Å². The molecule has 0 saturated carbocycles. The van der Waals surface area contributed by atoms with Gasteiger partial charge in [0.25, 0.3) is 0 Å². The van der Waals surface area contributed by atoms with Gasteiger partial charge in [0.1, 0.15) is 0 Å². The number of rotatable bonds is 5. The Kier molecular flexibility index (Phi) is 4.99. The second kappa shape index (κ2) is 6.73. The van der Waals surface area contributed by atoms with E-state index in [1.807, 2.05) is 49.7 Å². The Morgan fingerprint density at radius 2 is 2.32 bits per heavy atom. The van der Waals surface area contributed by atoms with E-state index in [1.165, 1.54) is 16.6 Å². The lowest BCUT2D eigenvalue weighted by atomic mass is 10.3. The molecule has 3 nitrogen and oxygen atoms in total. The van der Waals surface area contributed by atoms with Crippen LogP contribution in [0.1, 0.15) is 17.4 Å². The molecule has 0 aromatic carbocycles. The highest BCUT2D eigenvalue weighted by Gasteiger charge is 2.14. The van der Waals surface area contributed by atoms with Crippen molar-refractivity contribution in [1.29, 1.82) is 0 Å². The number of nitrogens with zero attached hydrogens (tertiary/aromatic N) is 1. The summed E-state index contributed by atoms with van der Waals surface area (Å²) in [7, 11) is 0. The van der Waals surface area contributed by atoms with Crippen molar-refractivity contribution < 1.29 is 4.79 Å². The number of nitrogens with one attached hydrogen (secondary N) is 1. The van der Waals surface area contributed by atoms with Gasteiger partial charge >= 0.3 is 0 Å². The fourth-order valence-electron chi connectivity index (χ4n) is 1.49. The van der Waals surface area contributed by atoms with Gasteiger partial charge in [-0.05, 0) is 36.9 Å². The van der Waals surface area contributed by atoms with Crippen LogP contribution >= 0.6 is 23.1 Å². The first-order valence-corrected chi connectivity index (χ1v) is 7.80. The molecule has 0 unspecified atom stereocenters. The Morgan fingerprint density at radius 3 is 2.95 bits per heavy atom. The second-order valence-electron chi connectivity index (χ2n) is 4.23. The predicted molar refractivity (Wildman–Crippen MR) is 80.5 cm³/mol. The average molecular weight is 292 g/mol. The zero-order valence-corrected chi connectivity index (χ0v) is 12.6. The van der Waals surface area contributed by atoms with Gasteiger partial charge in [-0.15, -0.1) is 11.3 Å². The molecular weight excluding hydrogens is 276 g/mol. The average Bonchev–Trinajstić information content (AvgIpc) is 2.91. The molecule has 0 aliphatic heterocycles. The van der Waals surface area contributed by atoms with E-state index in [2.05, 4.69) is 10.3 Å². The summed E-state index contributed by atoms with van der Waals surface area (Å²) < 4.78 is 0. The maximum atomic E-state index is 12.0. The molecule has 2 rings (SSSR count). The monoisotopic (exact) mass is 292 g/mol. The summed E-state index contributed by atoms with van der Waals surface area (Å²) >= 11 is 3.13. The van der Waals surface area contributed by atoms with Crippen molar-refractivity contribution >= 4 is 29.0 Å². The first kappa shape index (κ1) is 14.1. The molecule has 0 aliphatic carbocycles. The number of pyridine rings is 1. The third-order valence-corrected chi connectivity index (χ3v) is 4.49. The minimum Gasteiger partial charge on any atom is -0.350 e. The van der Waals surface area contributed by atoms with E-state index in [0.717, 1.165) is 10.6 Å². The SMILES string of the molecule is Cc1ccc(S[C@@H](C)C(=O)NCc2cccs2)nc1. The fraction of sp³-hybridized carbons (Fsp3) is 0.286. The Hall–Kier alpha value is -1.33. The van der Waals surface area contributed by atoms with Gasteiger partial charge in [-0.1, -0.05) is 23.9 Å². The number of thiophene rings is 1. The molecular formula is C14H16N2OS2. The van der Waals surface area contributed by atoms with Gasteiger partial charge in [-0.25, -0.2) is 4.98 Å². The molecule has 100 valence electrons. The maximum Gasteiger partial charge on any atom is 0.233 e. The first-order valence-electron chi connectivity index (χ1n) is 6.04. The molecule has 0 fully saturated rings. The van der Waals surface area contributed by atoms with Crippen LogP contribution in [0.5, 0.6) is 0 Å². The number of carbonyl (C=O) groups is 1. The molecule has 2 aromatic heterocycles. The number of amides is 1. The molecule has 2 aromatic rings. The van der Waals surface area contributed by atoms with E-state index < -0.39 is 0 Å². The van der Waals surface area contributed by atoms with Crippen molar-refractivity contribution in [2.75, 3.05) is 0 Å². The van der Waals surface area contributed by atoms with Crippen LogP contribution in [0.4, 0.5) is 0 Å². The molecule has 0 bridgehead atoms. The van der Waals surface area contributed by atoms with Crippen molar-refractivity contribution in [1.82, 2.24) is 10.3 Å². The molecule has 2 heterocycles. The van der Waals surface area contributed by atoms with Crippen LogP contribution < -0.4 is 5.32 Å². The summed E-state index contributed by atoms with van der Waals surface area (Å²) in [6.07, 6.45) is 1.82. The van der Waals surface area contributed by atoms with Crippen LogP contribution in [0.15, 0.2) is 40.9 Å². The molecule has 1 atom stereocenters. The molecule has 0 radical (unpaired) electrons. The lowest BCUT2D eigenvalue weighted by Crippen LogP contribution is -2.30. The Labute approximate surface area is 121 Å². The first-order chi connectivity index (χ1) is 9.15. The number of carbonyl (C=O) groups excluding carboxylic acids is 1. The van der Waals surface area contributed by atoms with Crippen molar-refractivity contribution in [2.24, 2.45) is 0 Å². The van der Waals surface area contributed by atoms with Gasteiger partial charge in [-0.3, -0.25) is 4.79 Å². The number of thioether (sulfide) groups is 1. The summed E-state index contributed by atoms with van der Waals surface area (Å²) in [5.74, 6) is 0.0424. The molecule has 0 saturated heterocycles. The highest BCUT2D eigenvalue weighted by atomic mass is 32.2. The Balaban J connectivity index is 1.83. The standard InChI is InChI=1S/C14H16N2OS2/c1-10-5-6-13(15-8-10)19-11(2)14(17)16-9-12-4-3-7-18-12/h3-8,11H,9H2,1-2H3,(H,16,17)/t11-/m0/s1. The van der Waals surface area contributed by atoms with E-state index in [-0.39, 0.29) is 11.2 Å². The maximum absolute atomic E-state index is 12.0. The Bertz CT molecular complexity index is 523. The smallest absolute Gasteiger partial charge is 0.233 e. The molecule has 1 amide bonds. The lowest BCUT2D eigenvalue weighted by Gasteiger charge is -2.10. The minimum atomic E-state index is -0.143. The summed E-state index contributed by atoms with van der Waals surface area (Å²) in [4.78, 5) is 17.4. The summed E-state index contributed by atoms with van der Waals surface area (Å²) in [6, 6.07) is 7.96. The highest BCUT2D eigenvalue weighted by molar-refractivity contribution is 8.00. The normalized spacial score (nSPS) is 12.1. The van der Waals surface area contributed by atoms with Gasteiger partial charge in [0.05, 0.1) is 16.8 Å². The van der Waals surface area contributed by atoms with Crippen molar-refractivity contribution in [3.05, 3.63) is 46.3 Å². The van der Waals surface area contributed by atoms with E-state index >= 15 is 0 Å². The van der Waals surface area contributed by atoms with Crippen molar-refractivity contribution in [3.63, 3.8) is 0 Å².